The zero-order valence-electron chi connectivity index (χ0n) is 11.6. The lowest BCUT2D eigenvalue weighted by Crippen LogP contribution is -2.42. The van der Waals surface area contributed by atoms with Crippen molar-refractivity contribution >= 4 is 16.0 Å². The van der Waals surface area contributed by atoms with Crippen LogP contribution in [-0.4, -0.2) is 36.3 Å². The van der Waals surface area contributed by atoms with E-state index < -0.39 is 22.0 Å². The van der Waals surface area contributed by atoms with Crippen LogP contribution >= 0.6 is 0 Å². The van der Waals surface area contributed by atoms with E-state index >= 15 is 0 Å². The second-order valence-electron chi connectivity index (χ2n) is 5.03. The third-order valence-corrected chi connectivity index (χ3v) is 4.07. The first-order valence-corrected chi connectivity index (χ1v) is 8.08. The van der Waals surface area contributed by atoms with Gasteiger partial charge >= 0.3 is 5.97 Å². The highest BCUT2D eigenvalue weighted by molar-refractivity contribution is 7.89. The molecule has 0 fully saturated rings. The van der Waals surface area contributed by atoms with Gasteiger partial charge in [-0.05, 0) is 24.5 Å². The van der Waals surface area contributed by atoms with Crippen LogP contribution < -0.4 is 4.72 Å². The van der Waals surface area contributed by atoms with E-state index in [1.807, 2.05) is 13.8 Å². The fourth-order valence-corrected chi connectivity index (χ4v) is 2.96. The van der Waals surface area contributed by atoms with Gasteiger partial charge in [-0.25, -0.2) is 13.1 Å². The minimum atomic E-state index is -3.64. The van der Waals surface area contributed by atoms with Crippen molar-refractivity contribution in [2.24, 2.45) is 5.92 Å². The molecule has 0 aliphatic carbocycles. The van der Waals surface area contributed by atoms with E-state index in [9.17, 15) is 13.2 Å². The Balaban J connectivity index is 2.61. The van der Waals surface area contributed by atoms with E-state index in [2.05, 4.69) is 9.71 Å². The molecule has 0 aliphatic heterocycles. The molecule has 1 aromatic heterocycles. The molecule has 112 valence electrons. The number of sulfonamides is 1. The molecule has 2 N–H and O–H groups in total. The van der Waals surface area contributed by atoms with Crippen molar-refractivity contribution in [2.75, 3.05) is 5.75 Å². The molecule has 0 aliphatic rings. The predicted octanol–water partition coefficient (Wildman–Crippen LogP) is 1.04. The van der Waals surface area contributed by atoms with Gasteiger partial charge in [0.15, 0.2) is 0 Å². The molecular weight excluding hydrogens is 280 g/mol. The van der Waals surface area contributed by atoms with Gasteiger partial charge in [0.1, 0.15) is 6.04 Å². The summed E-state index contributed by atoms with van der Waals surface area (Å²) in [6.45, 7) is 3.69. The zero-order chi connectivity index (χ0) is 15.2. The van der Waals surface area contributed by atoms with Crippen LogP contribution in [0.15, 0.2) is 24.4 Å². The van der Waals surface area contributed by atoms with Gasteiger partial charge in [-0.1, -0.05) is 19.9 Å². The summed E-state index contributed by atoms with van der Waals surface area (Å²) < 4.78 is 26.0. The molecule has 20 heavy (non-hydrogen) atoms. The molecule has 1 atom stereocenters. The Bertz CT molecular complexity index is 529. The molecule has 0 amide bonds. The molecule has 1 rings (SSSR count). The fourth-order valence-electron chi connectivity index (χ4n) is 1.73. The van der Waals surface area contributed by atoms with Crippen molar-refractivity contribution < 1.29 is 18.3 Å². The number of hydrogen-bond donors (Lipinski definition) is 2. The number of rotatable bonds is 8. The fraction of sp³-hybridized carbons (Fsp3) is 0.538. The highest BCUT2D eigenvalue weighted by Gasteiger charge is 2.24. The van der Waals surface area contributed by atoms with E-state index in [4.69, 9.17) is 5.11 Å². The maximum Gasteiger partial charge on any atom is 0.321 e. The van der Waals surface area contributed by atoms with Crippen LogP contribution in [-0.2, 0) is 21.2 Å². The third-order valence-electron chi connectivity index (χ3n) is 2.68. The lowest BCUT2D eigenvalue weighted by molar-refractivity contribution is -0.139. The molecular formula is C13H20N2O4S. The lowest BCUT2D eigenvalue weighted by atomic mass is 10.1. The Kier molecular flexibility index (Phi) is 6.09. The highest BCUT2D eigenvalue weighted by Crippen LogP contribution is 2.07. The molecule has 0 radical (unpaired) electrons. The first kappa shape index (κ1) is 16.6. The zero-order valence-corrected chi connectivity index (χ0v) is 12.4. The number of hydrogen-bond acceptors (Lipinski definition) is 4. The molecule has 6 nitrogen and oxygen atoms in total. The maximum atomic E-state index is 11.9. The number of nitrogens with zero attached hydrogens (tertiary/aromatic N) is 1. The topological polar surface area (TPSA) is 96.4 Å². The Labute approximate surface area is 119 Å². The largest absolute Gasteiger partial charge is 0.480 e. The SMILES string of the molecule is CC(C)C[C@H](NS(=O)(=O)CCc1ccccn1)C(=O)O. The van der Waals surface area contributed by atoms with Crippen LogP contribution in [0.4, 0.5) is 0 Å². The Morgan fingerprint density at radius 1 is 1.40 bits per heavy atom. The van der Waals surface area contributed by atoms with Gasteiger partial charge in [-0.2, -0.15) is 0 Å². The van der Waals surface area contributed by atoms with Crippen molar-refractivity contribution in [1.82, 2.24) is 9.71 Å². The molecule has 1 aromatic rings. The van der Waals surface area contributed by atoms with E-state index in [-0.39, 0.29) is 24.5 Å². The Morgan fingerprint density at radius 2 is 2.10 bits per heavy atom. The van der Waals surface area contributed by atoms with E-state index in [1.54, 1.807) is 24.4 Å². The normalized spacial score (nSPS) is 13.3. The van der Waals surface area contributed by atoms with E-state index in [1.165, 1.54) is 0 Å². The second kappa shape index (κ2) is 7.35. The molecule has 7 heteroatoms. The van der Waals surface area contributed by atoms with Crippen LogP contribution in [0.25, 0.3) is 0 Å². The van der Waals surface area contributed by atoms with Crippen molar-refractivity contribution in [3.8, 4) is 0 Å². The third kappa shape index (κ3) is 6.12. The van der Waals surface area contributed by atoms with Crippen molar-refractivity contribution in [3.05, 3.63) is 30.1 Å². The summed E-state index contributed by atoms with van der Waals surface area (Å²) in [5.41, 5.74) is 0.661. The second-order valence-corrected chi connectivity index (χ2v) is 6.90. The van der Waals surface area contributed by atoms with Gasteiger partial charge in [0.05, 0.1) is 5.75 Å². The van der Waals surface area contributed by atoms with Crippen molar-refractivity contribution in [3.63, 3.8) is 0 Å². The molecule has 0 aromatic carbocycles. The van der Waals surface area contributed by atoms with Gasteiger partial charge in [-0.3, -0.25) is 9.78 Å². The van der Waals surface area contributed by atoms with Gasteiger partial charge in [0, 0.05) is 18.3 Å². The van der Waals surface area contributed by atoms with Gasteiger partial charge in [-0.15, -0.1) is 0 Å². The number of aryl methyl sites for hydroxylation is 1. The van der Waals surface area contributed by atoms with Crippen LogP contribution in [0.1, 0.15) is 26.0 Å². The maximum absolute atomic E-state index is 11.9. The number of pyridine rings is 1. The molecule has 0 saturated carbocycles. The molecule has 1 heterocycles. The van der Waals surface area contributed by atoms with E-state index in [0.717, 1.165) is 0 Å². The molecule has 0 saturated heterocycles. The van der Waals surface area contributed by atoms with Gasteiger partial charge < -0.3 is 5.11 Å². The number of nitrogens with one attached hydrogen (secondary N) is 1. The summed E-state index contributed by atoms with van der Waals surface area (Å²) in [6.07, 6.45) is 2.11. The monoisotopic (exact) mass is 300 g/mol. The average molecular weight is 300 g/mol. The van der Waals surface area contributed by atoms with Crippen LogP contribution in [0, 0.1) is 5.92 Å². The summed E-state index contributed by atoms with van der Waals surface area (Å²) in [5, 5.41) is 9.03. The minimum Gasteiger partial charge on any atom is -0.480 e. The predicted molar refractivity (Wildman–Crippen MR) is 75.7 cm³/mol. The number of aromatic nitrogens is 1. The van der Waals surface area contributed by atoms with Crippen LogP contribution in [0.3, 0.4) is 0 Å². The number of carbonyl (C=O) groups is 1. The molecule has 0 spiro atoms. The summed E-state index contributed by atoms with van der Waals surface area (Å²) in [6, 6.07) is 4.18. The smallest absolute Gasteiger partial charge is 0.321 e. The first-order chi connectivity index (χ1) is 9.30. The van der Waals surface area contributed by atoms with Gasteiger partial charge in [0.25, 0.3) is 0 Å². The lowest BCUT2D eigenvalue weighted by Gasteiger charge is -2.16. The van der Waals surface area contributed by atoms with E-state index in [0.29, 0.717) is 5.69 Å². The van der Waals surface area contributed by atoms with Crippen LogP contribution in [0.2, 0.25) is 0 Å². The van der Waals surface area contributed by atoms with Crippen LogP contribution in [0.5, 0.6) is 0 Å². The standard InChI is InChI=1S/C13H20N2O4S/c1-10(2)9-12(13(16)17)15-20(18,19)8-6-11-5-3-4-7-14-11/h3-5,7,10,12,15H,6,8-9H2,1-2H3,(H,16,17)/t12-/m0/s1. The molecule has 0 bridgehead atoms. The first-order valence-electron chi connectivity index (χ1n) is 6.43. The minimum absolute atomic E-state index is 0.0922. The van der Waals surface area contributed by atoms with Crippen molar-refractivity contribution in [2.45, 2.75) is 32.7 Å². The Hall–Kier alpha value is -1.47. The summed E-state index contributed by atoms with van der Waals surface area (Å²) in [7, 11) is -3.64. The quantitative estimate of drug-likeness (QED) is 0.748. The summed E-state index contributed by atoms with van der Waals surface area (Å²) in [4.78, 5) is 15.1. The number of carboxylic acids is 1. The summed E-state index contributed by atoms with van der Waals surface area (Å²) >= 11 is 0. The summed E-state index contributed by atoms with van der Waals surface area (Å²) in [5.74, 6) is -1.24. The number of carboxylic acid groups (broad SMARTS) is 1. The number of aliphatic carboxylic acids is 1. The highest BCUT2D eigenvalue weighted by atomic mass is 32.2. The average Bonchev–Trinajstić information content (AvgIpc) is 2.36. The van der Waals surface area contributed by atoms with Gasteiger partial charge in [0.2, 0.25) is 10.0 Å². The Morgan fingerprint density at radius 3 is 2.60 bits per heavy atom. The van der Waals surface area contributed by atoms with Crippen molar-refractivity contribution in [1.29, 1.82) is 0 Å². The molecule has 0 unspecified atom stereocenters.